The average molecular weight is 414 g/mol. The Morgan fingerprint density at radius 1 is 0.933 bits per heavy atom. The molecule has 0 saturated carbocycles. The van der Waals surface area contributed by atoms with Crippen molar-refractivity contribution in [1.29, 1.82) is 0 Å². The molecule has 0 unspecified atom stereocenters. The van der Waals surface area contributed by atoms with E-state index < -0.39 is 0 Å². The summed E-state index contributed by atoms with van der Waals surface area (Å²) in [5.74, 6) is 0.733. The number of nitrogens with zero attached hydrogens (tertiary/aromatic N) is 1. The molecule has 1 aromatic heterocycles. The SMILES string of the molecule is COc1ccc(NC(=S)N[C@H](c2ccccc2)c2cccc(C)c2)c2cccnc12. The lowest BCUT2D eigenvalue weighted by Gasteiger charge is -2.23. The van der Waals surface area contributed by atoms with Crippen LogP contribution in [0.2, 0.25) is 0 Å². The maximum atomic E-state index is 5.70. The van der Waals surface area contributed by atoms with Gasteiger partial charge in [-0.3, -0.25) is 4.98 Å². The Bertz CT molecular complexity index is 1180. The zero-order chi connectivity index (χ0) is 20.9. The number of rotatable bonds is 5. The van der Waals surface area contributed by atoms with Crippen molar-refractivity contribution in [3.63, 3.8) is 0 Å². The van der Waals surface area contributed by atoms with E-state index in [9.17, 15) is 0 Å². The van der Waals surface area contributed by atoms with Crippen molar-refractivity contribution in [1.82, 2.24) is 10.3 Å². The third-order valence-electron chi connectivity index (χ3n) is 4.98. The van der Waals surface area contributed by atoms with Gasteiger partial charge in [0.25, 0.3) is 0 Å². The Morgan fingerprint density at radius 2 is 1.73 bits per heavy atom. The number of aromatic nitrogens is 1. The van der Waals surface area contributed by atoms with Gasteiger partial charge in [-0.15, -0.1) is 0 Å². The first-order chi connectivity index (χ1) is 14.7. The molecule has 0 fully saturated rings. The first-order valence-electron chi connectivity index (χ1n) is 9.76. The van der Waals surface area contributed by atoms with Crippen molar-refractivity contribution in [3.05, 3.63) is 102 Å². The molecule has 0 radical (unpaired) electrons. The van der Waals surface area contributed by atoms with E-state index in [4.69, 9.17) is 17.0 Å². The maximum Gasteiger partial charge on any atom is 0.171 e. The van der Waals surface area contributed by atoms with Crippen LogP contribution in [0, 0.1) is 6.92 Å². The lowest BCUT2D eigenvalue weighted by molar-refractivity contribution is 0.419. The second-order valence-electron chi connectivity index (χ2n) is 7.07. The lowest BCUT2D eigenvalue weighted by atomic mass is 9.97. The number of benzene rings is 3. The van der Waals surface area contributed by atoms with Crippen LogP contribution in [-0.2, 0) is 0 Å². The summed E-state index contributed by atoms with van der Waals surface area (Å²) >= 11 is 5.70. The summed E-state index contributed by atoms with van der Waals surface area (Å²) in [5.41, 5.74) is 5.19. The zero-order valence-corrected chi connectivity index (χ0v) is 17.7. The quantitative estimate of drug-likeness (QED) is 0.415. The number of nitrogens with one attached hydrogen (secondary N) is 2. The third-order valence-corrected chi connectivity index (χ3v) is 5.20. The number of thiocarbonyl (C=S) groups is 1. The van der Waals surface area contributed by atoms with E-state index in [2.05, 4.69) is 58.9 Å². The number of aryl methyl sites for hydroxylation is 1. The van der Waals surface area contributed by atoms with E-state index in [1.807, 2.05) is 42.5 Å². The second kappa shape index (κ2) is 8.93. The molecule has 1 atom stereocenters. The molecule has 0 aliphatic carbocycles. The average Bonchev–Trinajstić information content (AvgIpc) is 2.78. The van der Waals surface area contributed by atoms with E-state index in [0.29, 0.717) is 5.11 Å². The van der Waals surface area contributed by atoms with Gasteiger partial charge >= 0.3 is 0 Å². The highest BCUT2D eigenvalue weighted by Crippen LogP contribution is 2.30. The topological polar surface area (TPSA) is 46.2 Å². The Kier molecular flexibility index (Phi) is 5.91. The van der Waals surface area contributed by atoms with Crippen LogP contribution in [-0.4, -0.2) is 17.2 Å². The van der Waals surface area contributed by atoms with Gasteiger partial charge in [0.2, 0.25) is 0 Å². The van der Waals surface area contributed by atoms with Gasteiger partial charge in [0.15, 0.2) is 5.11 Å². The van der Waals surface area contributed by atoms with Crippen LogP contribution in [0.15, 0.2) is 85.1 Å². The van der Waals surface area contributed by atoms with Crippen molar-refractivity contribution in [2.45, 2.75) is 13.0 Å². The molecule has 0 aliphatic heterocycles. The van der Waals surface area contributed by atoms with Crippen LogP contribution in [0.5, 0.6) is 5.75 Å². The molecular formula is C25H23N3OS. The number of anilines is 1. The van der Waals surface area contributed by atoms with Crippen LogP contribution >= 0.6 is 12.2 Å². The summed E-state index contributed by atoms with van der Waals surface area (Å²) in [6.45, 7) is 2.10. The minimum Gasteiger partial charge on any atom is -0.494 e. The molecule has 0 saturated heterocycles. The molecule has 0 spiro atoms. The van der Waals surface area contributed by atoms with Crippen LogP contribution in [0.3, 0.4) is 0 Å². The molecule has 1 heterocycles. The monoisotopic (exact) mass is 413 g/mol. The van der Waals surface area contributed by atoms with Crippen molar-refractivity contribution in [2.24, 2.45) is 0 Å². The van der Waals surface area contributed by atoms with E-state index in [1.54, 1.807) is 13.3 Å². The molecular weight excluding hydrogens is 390 g/mol. The highest BCUT2D eigenvalue weighted by molar-refractivity contribution is 7.80. The van der Waals surface area contributed by atoms with Gasteiger partial charge in [-0.2, -0.15) is 0 Å². The summed E-state index contributed by atoms with van der Waals surface area (Å²) < 4.78 is 5.44. The Hall–Kier alpha value is -3.44. The summed E-state index contributed by atoms with van der Waals surface area (Å²) in [7, 11) is 1.65. The van der Waals surface area contributed by atoms with E-state index in [1.165, 1.54) is 5.56 Å². The zero-order valence-electron chi connectivity index (χ0n) is 16.9. The number of methoxy groups -OCH3 is 1. The molecule has 4 rings (SSSR count). The highest BCUT2D eigenvalue weighted by Gasteiger charge is 2.16. The standard InChI is InChI=1S/C25H23N3OS/c1-17-8-6-11-19(16-17)23(18-9-4-3-5-10-18)28-25(30)27-21-13-14-22(29-2)24-20(21)12-7-15-26-24/h3-16,23H,1-2H3,(H2,27,28,30)/t23-/m1/s1. The van der Waals surface area contributed by atoms with Gasteiger partial charge in [0, 0.05) is 17.3 Å². The summed E-state index contributed by atoms with van der Waals surface area (Å²) in [6.07, 6.45) is 1.76. The first-order valence-corrected chi connectivity index (χ1v) is 10.2. The smallest absolute Gasteiger partial charge is 0.171 e. The Morgan fingerprint density at radius 3 is 2.50 bits per heavy atom. The maximum absolute atomic E-state index is 5.70. The van der Waals surface area contributed by atoms with E-state index in [-0.39, 0.29) is 6.04 Å². The third kappa shape index (κ3) is 4.26. The number of pyridine rings is 1. The van der Waals surface area contributed by atoms with Crippen molar-refractivity contribution in [3.8, 4) is 5.75 Å². The largest absolute Gasteiger partial charge is 0.494 e. The fourth-order valence-corrected chi connectivity index (χ4v) is 3.79. The highest BCUT2D eigenvalue weighted by atomic mass is 32.1. The summed E-state index contributed by atoms with van der Waals surface area (Å²) in [4.78, 5) is 4.46. The molecule has 3 aromatic carbocycles. The van der Waals surface area contributed by atoms with E-state index in [0.717, 1.165) is 33.5 Å². The normalized spacial score (nSPS) is 11.7. The van der Waals surface area contributed by atoms with Gasteiger partial charge < -0.3 is 15.4 Å². The number of fused-ring (bicyclic) bond motifs is 1. The minimum absolute atomic E-state index is 0.0614. The van der Waals surface area contributed by atoms with Gasteiger partial charge in [-0.1, -0.05) is 60.2 Å². The van der Waals surface area contributed by atoms with Crippen molar-refractivity contribution >= 4 is 33.9 Å². The fraction of sp³-hybridized carbons (Fsp3) is 0.120. The number of hydrogen-bond acceptors (Lipinski definition) is 3. The Labute approximate surface area is 181 Å². The van der Waals surface area contributed by atoms with Crippen molar-refractivity contribution < 1.29 is 4.74 Å². The number of hydrogen-bond donors (Lipinski definition) is 2. The predicted octanol–water partition coefficient (Wildman–Crippen LogP) is 5.63. The molecule has 0 amide bonds. The van der Waals surface area contributed by atoms with Crippen LogP contribution in [0.1, 0.15) is 22.7 Å². The number of ether oxygens (including phenoxy) is 1. The molecule has 0 aliphatic rings. The van der Waals surface area contributed by atoms with Gasteiger partial charge in [-0.25, -0.2) is 0 Å². The van der Waals surface area contributed by atoms with Crippen LogP contribution < -0.4 is 15.4 Å². The van der Waals surface area contributed by atoms with E-state index >= 15 is 0 Å². The fourth-order valence-electron chi connectivity index (χ4n) is 3.56. The molecule has 4 aromatic rings. The van der Waals surface area contributed by atoms with Crippen molar-refractivity contribution in [2.75, 3.05) is 12.4 Å². The lowest BCUT2D eigenvalue weighted by Crippen LogP contribution is -2.33. The van der Waals surface area contributed by atoms with Crippen LogP contribution in [0.4, 0.5) is 5.69 Å². The molecule has 150 valence electrons. The molecule has 2 N–H and O–H groups in total. The van der Waals surface area contributed by atoms with Gasteiger partial charge in [0.1, 0.15) is 11.3 Å². The predicted molar refractivity (Wildman–Crippen MR) is 127 cm³/mol. The molecule has 5 heteroatoms. The first kappa shape index (κ1) is 19.9. The molecule has 30 heavy (non-hydrogen) atoms. The summed E-state index contributed by atoms with van der Waals surface area (Å²) in [6, 6.07) is 26.5. The second-order valence-corrected chi connectivity index (χ2v) is 7.48. The molecule has 0 bridgehead atoms. The Balaban J connectivity index is 1.63. The van der Waals surface area contributed by atoms with Crippen LogP contribution in [0.25, 0.3) is 10.9 Å². The summed E-state index contributed by atoms with van der Waals surface area (Å²) in [5, 5.41) is 8.33. The van der Waals surface area contributed by atoms with Gasteiger partial charge in [-0.05, 0) is 54.5 Å². The molecule has 4 nitrogen and oxygen atoms in total. The minimum atomic E-state index is -0.0614. The van der Waals surface area contributed by atoms with Gasteiger partial charge in [0.05, 0.1) is 13.2 Å².